The van der Waals surface area contributed by atoms with E-state index < -0.39 is 0 Å². The summed E-state index contributed by atoms with van der Waals surface area (Å²) in [7, 11) is 2.12. The van der Waals surface area contributed by atoms with Crippen molar-refractivity contribution in [1.29, 1.82) is 0 Å². The molecule has 3 rings (SSSR count). The van der Waals surface area contributed by atoms with Crippen molar-refractivity contribution in [3.63, 3.8) is 0 Å². The summed E-state index contributed by atoms with van der Waals surface area (Å²) in [6.45, 7) is 3.89. The van der Waals surface area contributed by atoms with E-state index in [4.69, 9.17) is 11.6 Å². The smallest absolute Gasteiger partial charge is 0.257 e. The van der Waals surface area contributed by atoms with Gasteiger partial charge in [0, 0.05) is 31.9 Å². The lowest BCUT2D eigenvalue weighted by Gasteiger charge is -2.30. The lowest BCUT2D eigenvalue weighted by atomic mass is 10.2. The minimum Gasteiger partial charge on any atom is -0.322 e. The molecular weight excluding hydrogens is 336 g/mol. The van der Waals surface area contributed by atoms with Gasteiger partial charge in [-0.1, -0.05) is 35.9 Å². The molecule has 25 heavy (non-hydrogen) atoms. The molecule has 0 unspecified atom stereocenters. The van der Waals surface area contributed by atoms with Crippen molar-refractivity contribution in [2.24, 2.45) is 5.10 Å². The topological polar surface area (TPSA) is 47.9 Å². The lowest BCUT2D eigenvalue weighted by Crippen LogP contribution is -2.41. The van der Waals surface area contributed by atoms with Gasteiger partial charge < -0.3 is 10.2 Å². The maximum Gasteiger partial charge on any atom is 0.257 e. The van der Waals surface area contributed by atoms with E-state index in [0.29, 0.717) is 16.3 Å². The molecular formula is C19H21ClN4O. The first-order valence-electron chi connectivity index (χ1n) is 8.25. The van der Waals surface area contributed by atoms with E-state index in [0.717, 1.165) is 31.7 Å². The van der Waals surface area contributed by atoms with Gasteiger partial charge in [-0.15, -0.1) is 0 Å². The predicted molar refractivity (Wildman–Crippen MR) is 103 cm³/mol. The lowest BCUT2D eigenvalue weighted by molar-refractivity contribution is 0.102. The summed E-state index contributed by atoms with van der Waals surface area (Å²) < 4.78 is 0. The number of nitrogens with one attached hydrogen (secondary N) is 1. The molecule has 1 heterocycles. The number of hydrogen-bond acceptors (Lipinski definition) is 4. The van der Waals surface area contributed by atoms with Crippen LogP contribution in [-0.2, 0) is 0 Å². The Hall–Kier alpha value is -2.37. The Morgan fingerprint density at radius 2 is 1.88 bits per heavy atom. The second-order valence-electron chi connectivity index (χ2n) is 6.06. The standard InChI is InChI=1S/C19H21ClN4O/c1-23-9-11-24(12-10-23)21-14-15-5-4-6-16(13-15)22-19(25)17-7-2-3-8-18(17)20/h2-8,13-14H,9-12H2,1H3,(H,22,25)/b21-14-. The first-order valence-corrected chi connectivity index (χ1v) is 8.63. The van der Waals surface area contributed by atoms with Crippen molar-refractivity contribution >= 4 is 29.4 Å². The Kier molecular flexibility index (Phi) is 5.68. The highest BCUT2D eigenvalue weighted by atomic mass is 35.5. The van der Waals surface area contributed by atoms with E-state index in [1.807, 2.05) is 30.5 Å². The zero-order valence-corrected chi connectivity index (χ0v) is 14.9. The van der Waals surface area contributed by atoms with Gasteiger partial charge in [0.15, 0.2) is 0 Å². The molecule has 0 saturated carbocycles. The highest BCUT2D eigenvalue weighted by Crippen LogP contribution is 2.17. The number of hydrazone groups is 1. The SMILES string of the molecule is CN1CCN(/N=C\c2cccc(NC(=O)c3ccccc3Cl)c2)CC1. The Labute approximate surface area is 152 Å². The summed E-state index contributed by atoms with van der Waals surface area (Å²) in [4.78, 5) is 14.6. The van der Waals surface area contributed by atoms with Crippen LogP contribution in [0, 0.1) is 0 Å². The highest BCUT2D eigenvalue weighted by Gasteiger charge is 2.11. The minimum atomic E-state index is -0.223. The first-order chi connectivity index (χ1) is 12.1. The molecule has 0 radical (unpaired) electrons. The van der Waals surface area contributed by atoms with Crippen LogP contribution < -0.4 is 5.32 Å². The van der Waals surface area contributed by atoms with Crippen LogP contribution in [0.25, 0.3) is 0 Å². The Morgan fingerprint density at radius 1 is 1.12 bits per heavy atom. The van der Waals surface area contributed by atoms with E-state index in [2.05, 4.69) is 27.4 Å². The van der Waals surface area contributed by atoms with Gasteiger partial charge >= 0.3 is 0 Å². The quantitative estimate of drug-likeness (QED) is 0.856. The van der Waals surface area contributed by atoms with Crippen molar-refractivity contribution in [2.45, 2.75) is 0 Å². The average molecular weight is 357 g/mol. The third-order valence-corrected chi connectivity index (χ3v) is 4.44. The van der Waals surface area contributed by atoms with Crippen LogP contribution >= 0.6 is 11.6 Å². The number of amides is 1. The predicted octanol–water partition coefficient (Wildman–Crippen LogP) is 3.17. The number of likely N-dealkylation sites (N-methyl/N-ethyl adjacent to an activating group) is 1. The second-order valence-corrected chi connectivity index (χ2v) is 6.47. The molecule has 0 bridgehead atoms. The van der Waals surface area contributed by atoms with Crippen LogP contribution in [0.15, 0.2) is 53.6 Å². The Bertz CT molecular complexity index is 770. The van der Waals surface area contributed by atoms with Crippen LogP contribution in [0.2, 0.25) is 5.02 Å². The fraction of sp³-hybridized carbons (Fsp3) is 0.263. The molecule has 2 aromatic carbocycles. The molecule has 1 amide bonds. The monoisotopic (exact) mass is 356 g/mol. The van der Waals surface area contributed by atoms with E-state index >= 15 is 0 Å². The number of rotatable bonds is 4. The molecule has 0 aliphatic carbocycles. The molecule has 1 saturated heterocycles. The molecule has 1 aliphatic heterocycles. The number of hydrogen-bond donors (Lipinski definition) is 1. The maximum absolute atomic E-state index is 12.3. The largest absolute Gasteiger partial charge is 0.322 e. The van der Waals surface area contributed by atoms with Gasteiger partial charge in [0.1, 0.15) is 0 Å². The summed E-state index contributed by atoms with van der Waals surface area (Å²) in [5, 5.41) is 9.91. The number of carbonyl (C=O) groups is 1. The summed E-state index contributed by atoms with van der Waals surface area (Å²) in [5.41, 5.74) is 2.11. The molecule has 1 fully saturated rings. The van der Waals surface area contributed by atoms with Crippen molar-refractivity contribution in [3.05, 3.63) is 64.7 Å². The molecule has 5 nitrogen and oxygen atoms in total. The van der Waals surface area contributed by atoms with E-state index in [1.54, 1.807) is 24.3 Å². The van der Waals surface area contributed by atoms with Gasteiger partial charge in [-0.05, 0) is 36.9 Å². The minimum absolute atomic E-state index is 0.223. The van der Waals surface area contributed by atoms with Gasteiger partial charge in [0.2, 0.25) is 0 Å². The Morgan fingerprint density at radius 3 is 2.64 bits per heavy atom. The number of piperazine rings is 1. The number of halogens is 1. The second kappa shape index (κ2) is 8.14. The third kappa shape index (κ3) is 4.81. The summed E-state index contributed by atoms with van der Waals surface area (Å²) >= 11 is 6.07. The molecule has 0 spiro atoms. The van der Waals surface area contributed by atoms with Gasteiger partial charge in [0.25, 0.3) is 5.91 Å². The van der Waals surface area contributed by atoms with E-state index in [9.17, 15) is 4.79 Å². The van der Waals surface area contributed by atoms with Crippen molar-refractivity contribution in [1.82, 2.24) is 9.91 Å². The van der Waals surface area contributed by atoms with Gasteiger partial charge in [-0.2, -0.15) is 5.10 Å². The fourth-order valence-corrected chi connectivity index (χ4v) is 2.82. The number of benzene rings is 2. The van der Waals surface area contributed by atoms with E-state index in [1.165, 1.54) is 0 Å². The number of nitrogens with zero attached hydrogens (tertiary/aromatic N) is 3. The van der Waals surface area contributed by atoms with Crippen LogP contribution in [0.1, 0.15) is 15.9 Å². The molecule has 0 aromatic heterocycles. The van der Waals surface area contributed by atoms with Crippen LogP contribution in [-0.4, -0.2) is 55.3 Å². The fourth-order valence-electron chi connectivity index (χ4n) is 2.60. The number of anilines is 1. The summed E-state index contributed by atoms with van der Waals surface area (Å²) in [6.07, 6.45) is 1.83. The molecule has 6 heteroatoms. The van der Waals surface area contributed by atoms with Crippen molar-refractivity contribution < 1.29 is 4.79 Å². The van der Waals surface area contributed by atoms with Crippen molar-refractivity contribution in [3.8, 4) is 0 Å². The third-order valence-electron chi connectivity index (χ3n) is 4.11. The molecule has 1 N–H and O–H groups in total. The van der Waals surface area contributed by atoms with Gasteiger partial charge in [0.05, 0.1) is 16.8 Å². The highest BCUT2D eigenvalue weighted by molar-refractivity contribution is 6.34. The first kappa shape index (κ1) is 17.5. The summed E-state index contributed by atoms with van der Waals surface area (Å²) in [6, 6.07) is 14.6. The van der Waals surface area contributed by atoms with Crippen LogP contribution in [0.3, 0.4) is 0 Å². The van der Waals surface area contributed by atoms with Gasteiger partial charge in [-0.3, -0.25) is 9.80 Å². The van der Waals surface area contributed by atoms with Crippen LogP contribution in [0.4, 0.5) is 5.69 Å². The van der Waals surface area contributed by atoms with E-state index in [-0.39, 0.29) is 5.91 Å². The molecule has 2 aromatic rings. The molecule has 0 atom stereocenters. The summed E-state index contributed by atoms with van der Waals surface area (Å²) in [5.74, 6) is -0.223. The maximum atomic E-state index is 12.3. The normalized spacial score (nSPS) is 15.5. The average Bonchev–Trinajstić information content (AvgIpc) is 2.62. The molecule has 130 valence electrons. The molecule has 1 aliphatic rings. The zero-order chi connectivity index (χ0) is 17.6. The Balaban J connectivity index is 1.65. The number of carbonyl (C=O) groups excluding carboxylic acids is 1. The van der Waals surface area contributed by atoms with Crippen molar-refractivity contribution in [2.75, 3.05) is 38.5 Å². The zero-order valence-electron chi connectivity index (χ0n) is 14.2. The van der Waals surface area contributed by atoms with Crippen LogP contribution in [0.5, 0.6) is 0 Å². The van der Waals surface area contributed by atoms with Gasteiger partial charge in [-0.25, -0.2) is 0 Å².